The highest BCUT2D eigenvalue weighted by Gasteiger charge is 2.18. The van der Waals surface area contributed by atoms with Gasteiger partial charge in [-0.1, -0.05) is 6.92 Å². The van der Waals surface area contributed by atoms with Crippen LogP contribution >= 0.6 is 0 Å². The van der Waals surface area contributed by atoms with Crippen molar-refractivity contribution in [3.05, 3.63) is 83.9 Å². The fraction of sp³-hybridized carbons (Fsp3) is 0.167. The van der Waals surface area contributed by atoms with Gasteiger partial charge in [0.1, 0.15) is 11.4 Å². The number of carbonyl (C=O) groups is 2. The molecule has 2 amide bonds. The third kappa shape index (κ3) is 4.30. The summed E-state index contributed by atoms with van der Waals surface area (Å²) in [6, 6.07) is 14.0. The zero-order chi connectivity index (χ0) is 21.8. The number of pyridine rings is 1. The molecule has 0 saturated carbocycles. The molecule has 0 aliphatic carbocycles. The van der Waals surface area contributed by atoms with Crippen LogP contribution in [0.1, 0.15) is 39.8 Å². The molecule has 3 heterocycles. The van der Waals surface area contributed by atoms with Gasteiger partial charge in [0.15, 0.2) is 0 Å². The molecule has 156 valence electrons. The van der Waals surface area contributed by atoms with Crippen molar-refractivity contribution >= 4 is 17.5 Å². The van der Waals surface area contributed by atoms with Gasteiger partial charge in [-0.3, -0.25) is 19.9 Å². The molecular weight excluding hydrogens is 392 g/mol. The molecule has 1 aromatic carbocycles. The van der Waals surface area contributed by atoms with E-state index < -0.39 is 11.8 Å². The van der Waals surface area contributed by atoms with Gasteiger partial charge >= 0.3 is 0 Å². The molecule has 0 saturated heterocycles. The number of amides is 2. The van der Waals surface area contributed by atoms with Gasteiger partial charge in [-0.2, -0.15) is 0 Å². The van der Waals surface area contributed by atoms with Crippen LogP contribution in [0.15, 0.2) is 67.1 Å². The summed E-state index contributed by atoms with van der Waals surface area (Å²) in [4.78, 5) is 34.2. The van der Waals surface area contributed by atoms with E-state index in [0.29, 0.717) is 34.8 Å². The highest BCUT2D eigenvalue weighted by atomic mass is 16.5. The topological polar surface area (TPSA) is 85.6 Å². The quantitative estimate of drug-likeness (QED) is 0.481. The highest BCUT2D eigenvalue weighted by molar-refractivity contribution is 6.12. The average molecular weight is 414 g/mol. The first-order valence-corrected chi connectivity index (χ1v) is 10.0. The lowest BCUT2D eigenvalue weighted by molar-refractivity contribution is 0.0850. The molecular formula is C24H22N4O3. The monoisotopic (exact) mass is 414 g/mol. The van der Waals surface area contributed by atoms with Gasteiger partial charge in [-0.25, -0.2) is 4.98 Å². The van der Waals surface area contributed by atoms with Gasteiger partial charge in [0, 0.05) is 35.4 Å². The Bertz CT molecular complexity index is 1230. The fourth-order valence-corrected chi connectivity index (χ4v) is 3.24. The van der Waals surface area contributed by atoms with Gasteiger partial charge < -0.3 is 9.14 Å². The second-order valence-electron chi connectivity index (χ2n) is 7.10. The van der Waals surface area contributed by atoms with Crippen molar-refractivity contribution in [1.82, 2.24) is 19.7 Å². The first-order chi connectivity index (χ1) is 15.1. The van der Waals surface area contributed by atoms with E-state index in [9.17, 15) is 9.59 Å². The molecule has 4 aromatic rings. The smallest absolute Gasteiger partial charge is 0.261 e. The minimum Gasteiger partial charge on any atom is -0.494 e. The number of imide groups is 1. The van der Waals surface area contributed by atoms with Gasteiger partial charge in [0.25, 0.3) is 11.8 Å². The number of nitrogens with one attached hydrogen (secondary N) is 1. The van der Waals surface area contributed by atoms with Gasteiger partial charge in [-0.15, -0.1) is 0 Å². The lowest BCUT2D eigenvalue weighted by Gasteiger charge is -2.08. The third-order valence-corrected chi connectivity index (χ3v) is 4.83. The molecule has 1 N–H and O–H groups in total. The summed E-state index contributed by atoms with van der Waals surface area (Å²) in [6.07, 6.45) is 6.08. The number of benzene rings is 1. The van der Waals surface area contributed by atoms with Crippen LogP contribution in [-0.2, 0) is 0 Å². The number of nitrogens with zero attached hydrogens (tertiary/aromatic N) is 3. The van der Waals surface area contributed by atoms with Crippen molar-refractivity contribution in [2.75, 3.05) is 6.61 Å². The summed E-state index contributed by atoms with van der Waals surface area (Å²) >= 11 is 0. The van der Waals surface area contributed by atoms with Crippen molar-refractivity contribution in [3.8, 4) is 17.0 Å². The molecule has 0 unspecified atom stereocenters. The molecule has 3 aromatic heterocycles. The molecule has 0 spiro atoms. The number of ether oxygens (including phenoxy) is 1. The van der Waals surface area contributed by atoms with E-state index in [1.54, 1.807) is 48.9 Å². The second-order valence-corrected chi connectivity index (χ2v) is 7.10. The summed E-state index contributed by atoms with van der Waals surface area (Å²) in [7, 11) is 0. The van der Waals surface area contributed by atoms with Gasteiger partial charge in [-0.05, 0) is 61.9 Å². The van der Waals surface area contributed by atoms with Crippen molar-refractivity contribution < 1.29 is 14.3 Å². The van der Waals surface area contributed by atoms with Crippen LogP contribution in [0.5, 0.6) is 5.75 Å². The number of hydrogen-bond donors (Lipinski definition) is 1. The average Bonchev–Trinajstić information content (AvgIpc) is 3.23. The van der Waals surface area contributed by atoms with Gasteiger partial charge in [0.05, 0.1) is 17.9 Å². The van der Waals surface area contributed by atoms with Crippen molar-refractivity contribution in [3.63, 3.8) is 0 Å². The zero-order valence-electron chi connectivity index (χ0n) is 17.3. The molecule has 0 atom stereocenters. The summed E-state index contributed by atoms with van der Waals surface area (Å²) in [5.74, 6) is -0.300. The lowest BCUT2D eigenvalue weighted by atomic mass is 10.2. The highest BCUT2D eigenvalue weighted by Crippen LogP contribution is 2.21. The Morgan fingerprint density at radius 1 is 1.10 bits per heavy atom. The van der Waals surface area contributed by atoms with Crippen LogP contribution < -0.4 is 10.1 Å². The van der Waals surface area contributed by atoms with E-state index in [1.807, 2.05) is 36.4 Å². The maximum Gasteiger partial charge on any atom is 0.261 e. The number of hydrogen-bond acceptors (Lipinski definition) is 5. The lowest BCUT2D eigenvalue weighted by Crippen LogP contribution is -2.30. The van der Waals surface area contributed by atoms with Gasteiger partial charge in [0.2, 0.25) is 0 Å². The largest absolute Gasteiger partial charge is 0.494 e. The summed E-state index contributed by atoms with van der Waals surface area (Å²) in [5, 5.41) is 2.45. The SMILES string of the molecule is CCCOc1ccc(C(=O)NC(=O)c2ccn3c(C)cc(-c4cccnc4)nc23)cc1. The summed E-state index contributed by atoms with van der Waals surface area (Å²) in [5.41, 5.74) is 3.65. The third-order valence-electron chi connectivity index (χ3n) is 4.83. The van der Waals surface area contributed by atoms with Crippen LogP contribution in [0.4, 0.5) is 0 Å². The minimum absolute atomic E-state index is 0.324. The molecule has 0 fully saturated rings. The first-order valence-electron chi connectivity index (χ1n) is 10.0. The number of rotatable bonds is 6. The standard InChI is InChI=1S/C24H22N4O3/c1-3-13-31-19-8-6-17(7-9-19)23(29)27-24(30)20-10-12-28-16(2)14-21(26-22(20)28)18-5-4-11-25-15-18/h4-12,14-15H,3,13H2,1-2H3,(H,27,29,30). The van der Waals surface area contributed by atoms with Crippen molar-refractivity contribution in [2.45, 2.75) is 20.3 Å². The molecule has 7 heteroatoms. The van der Waals surface area contributed by atoms with E-state index in [2.05, 4.69) is 15.3 Å². The molecule has 0 bridgehead atoms. The Morgan fingerprint density at radius 2 is 1.90 bits per heavy atom. The fourth-order valence-electron chi connectivity index (χ4n) is 3.24. The normalized spacial score (nSPS) is 10.8. The van der Waals surface area contributed by atoms with Crippen LogP contribution in [0.25, 0.3) is 16.9 Å². The molecule has 0 aliphatic heterocycles. The Labute approximate surface area is 179 Å². The van der Waals surface area contributed by atoms with Crippen LogP contribution in [0.3, 0.4) is 0 Å². The molecule has 7 nitrogen and oxygen atoms in total. The van der Waals surface area contributed by atoms with E-state index in [1.165, 1.54) is 0 Å². The Morgan fingerprint density at radius 3 is 2.61 bits per heavy atom. The molecule has 31 heavy (non-hydrogen) atoms. The number of fused-ring (bicyclic) bond motifs is 1. The van der Waals surface area contributed by atoms with E-state index in [4.69, 9.17) is 4.74 Å². The van der Waals surface area contributed by atoms with Crippen LogP contribution in [0, 0.1) is 6.92 Å². The summed E-state index contributed by atoms with van der Waals surface area (Å²) < 4.78 is 7.34. The Hall–Kier alpha value is -4.00. The second kappa shape index (κ2) is 8.79. The first kappa shape index (κ1) is 20.3. The summed E-state index contributed by atoms with van der Waals surface area (Å²) in [6.45, 7) is 4.57. The van der Waals surface area contributed by atoms with Crippen LogP contribution in [-0.4, -0.2) is 32.8 Å². The maximum absolute atomic E-state index is 12.8. The van der Waals surface area contributed by atoms with Crippen molar-refractivity contribution in [2.24, 2.45) is 0 Å². The molecule has 0 aliphatic rings. The molecule has 4 rings (SSSR count). The predicted molar refractivity (Wildman–Crippen MR) is 117 cm³/mol. The number of aryl methyl sites for hydroxylation is 1. The predicted octanol–water partition coefficient (Wildman–Crippen LogP) is 4.06. The van der Waals surface area contributed by atoms with Crippen LogP contribution in [0.2, 0.25) is 0 Å². The number of carbonyl (C=O) groups excluding carboxylic acids is 2. The van der Waals surface area contributed by atoms with Crippen molar-refractivity contribution in [1.29, 1.82) is 0 Å². The maximum atomic E-state index is 12.8. The number of aromatic nitrogens is 3. The minimum atomic E-state index is -0.506. The van der Waals surface area contributed by atoms with E-state index >= 15 is 0 Å². The van der Waals surface area contributed by atoms with E-state index in [-0.39, 0.29) is 0 Å². The Balaban J connectivity index is 1.57. The molecule has 0 radical (unpaired) electrons. The zero-order valence-corrected chi connectivity index (χ0v) is 17.3. The van der Waals surface area contributed by atoms with E-state index in [0.717, 1.165) is 17.7 Å². The Kier molecular flexibility index (Phi) is 5.75.